The molecule has 0 aliphatic carbocycles. The predicted octanol–water partition coefficient (Wildman–Crippen LogP) is 3.13. The zero-order chi connectivity index (χ0) is 12.0. The number of hydrogen-bond acceptors (Lipinski definition) is 3. The molecule has 1 rings (SSSR count). The van der Waals surface area contributed by atoms with E-state index in [0.29, 0.717) is 12.1 Å². The van der Waals surface area contributed by atoms with E-state index in [1.807, 2.05) is 0 Å². The second-order valence-corrected chi connectivity index (χ2v) is 5.25. The van der Waals surface area contributed by atoms with Crippen molar-refractivity contribution in [2.45, 2.75) is 39.3 Å². The van der Waals surface area contributed by atoms with Crippen LogP contribution in [0.15, 0.2) is 16.8 Å². The second-order valence-electron chi connectivity index (χ2n) is 4.47. The molecular weight excluding hydrogens is 216 g/mol. The summed E-state index contributed by atoms with van der Waals surface area (Å²) >= 11 is 1.77. The number of thiophene rings is 1. The van der Waals surface area contributed by atoms with Crippen LogP contribution in [0.3, 0.4) is 0 Å². The van der Waals surface area contributed by atoms with Crippen molar-refractivity contribution in [3.8, 4) is 0 Å². The molecule has 0 saturated heterocycles. The van der Waals surface area contributed by atoms with Gasteiger partial charge in [0.1, 0.15) is 0 Å². The average molecular weight is 240 g/mol. The summed E-state index contributed by atoms with van der Waals surface area (Å²) in [5.74, 6) is 0. The van der Waals surface area contributed by atoms with Gasteiger partial charge in [-0.25, -0.2) is 0 Å². The van der Waals surface area contributed by atoms with Gasteiger partial charge in [-0.05, 0) is 49.7 Å². The fourth-order valence-electron chi connectivity index (χ4n) is 1.63. The van der Waals surface area contributed by atoms with Crippen molar-refractivity contribution in [1.29, 1.82) is 0 Å². The summed E-state index contributed by atoms with van der Waals surface area (Å²) in [6, 6.07) is 3.34. The molecule has 2 nitrogen and oxygen atoms in total. The van der Waals surface area contributed by atoms with Gasteiger partial charge in [-0.15, -0.1) is 0 Å². The lowest BCUT2D eigenvalue weighted by atomic mass is 10.2. The first kappa shape index (κ1) is 13.7. The molecule has 0 amide bonds. The Morgan fingerprint density at radius 1 is 1.44 bits per heavy atom. The van der Waals surface area contributed by atoms with Crippen molar-refractivity contribution in [2.75, 3.05) is 20.1 Å². The van der Waals surface area contributed by atoms with Gasteiger partial charge in [0, 0.05) is 25.2 Å². The highest BCUT2D eigenvalue weighted by Gasteiger charge is 2.08. The van der Waals surface area contributed by atoms with Crippen molar-refractivity contribution in [3.05, 3.63) is 22.4 Å². The molecule has 0 saturated carbocycles. The molecule has 0 aliphatic heterocycles. The molecule has 2 atom stereocenters. The smallest absolute Gasteiger partial charge is 0.0300 e. The molecule has 1 aromatic heterocycles. The maximum absolute atomic E-state index is 3.56. The summed E-state index contributed by atoms with van der Waals surface area (Å²) in [6.45, 7) is 8.91. The summed E-state index contributed by atoms with van der Waals surface area (Å²) in [5, 5.41) is 7.92. The van der Waals surface area contributed by atoms with Crippen LogP contribution in [0.2, 0.25) is 0 Å². The quantitative estimate of drug-likeness (QED) is 0.788. The first-order valence-corrected chi connectivity index (χ1v) is 7.05. The SMILES string of the molecule is CCC(C)N(C)CCNC(C)c1ccsc1. The Kier molecular flexibility index (Phi) is 6.03. The highest BCUT2D eigenvalue weighted by atomic mass is 32.1. The first-order chi connectivity index (χ1) is 7.65. The lowest BCUT2D eigenvalue weighted by molar-refractivity contribution is 0.249. The minimum Gasteiger partial charge on any atom is -0.309 e. The summed E-state index contributed by atoms with van der Waals surface area (Å²) in [5.41, 5.74) is 1.40. The minimum atomic E-state index is 0.469. The average Bonchev–Trinajstić information content (AvgIpc) is 2.81. The molecule has 3 heteroatoms. The fourth-order valence-corrected chi connectivity index (χ4v) is 2.38. The maximum atomic E-state index is 3.56. The van der Waals surface area contributed by atoms with Gasteiger partial charge in [0.2, 0.25) is 0 Å². The Labute approximate surface area is 104 Å². The van der Waals surface area contributed by atoms with E-state index in [4.69, 9.17) is 0 Å². The van der Waals surface area contributed by atoms with Crippen molar-refractivity contribution in [3.63, 3.8) is 0 Å². The maximum Gasteiger partial charge on any atom is 0.0300 e. The van der Waals surface area contributed by atoms with Crippen LogP contribution in [0.1, 0.15) is 38.8 Å². The second kappa shape index (κ2) is 7.05. The van der Waals surface area contributed by atoms with E-state index < -0.39 is 0 Å². The van der Waals surface area contributed by atoms with Crippen molar-refractivity contribution in [2.24, 2.45) is 0 Å². The Morgan fingerprint density at radius 3 is 2.75 bits per heavy atom. The van der Waals surface area contributed by atoms with Gasteiger partial charge in [-0.2, -0.15) is 11.3 Å². The molecule has 0 bridgehead atoms. The summed E-state index contributed by atoms with van der Waals surface area (Å²) in [4.78, 5) is 2.41. The normalized spacial score (nSPS) is 15.3. The summed E-state index contributed by atoms with van der Waals surface area (Å²) < 4.78 is 0. The van der Waals surface area contributed by atoms with Crippen LogP contribution in [0, 0.1) is 0 Å². The van der Waals surface area contributed by atoms with E-state index >= 15 is 0 Å². The molecular formula is C13H24N2S. The highest BCUT2D eigenvalue weighted by Crippen LogP contribution is 2.15. The number of rotatable bonds is 7. The Morgan fingerprint density at radius 2 is 2.19 bits per heavy atom. The van der Waals surface area contributed by atoms with E-state index in [2.05, 4.69) is 54.9 Å². The largest absolute Gasteiger partial charge is 0.309 e. The van der Waals surface area contributed by atoms with Crippen LogP contribution in [-0.4, -0.2) is 31.1 Å². The predicted molar refractivity (Wildman–Crippen MR) is 73.1 cm³/mol. The van der Waals surface area contributed by atoms with Gasteiger partial charge in [0.05, 0.1) is 0 Å². The molecule has 0 aromatic carbocycles. The van der Waals surface area contributed by atoms with Gasteiger partial charge in [0.25, 0.3) is 0 Å². The Balaban J connectivity index is 2.20. The van der Waals surface area contributed by atoms with Crippen molar-refractivity contribution in [1.82, 2.24) is 10.2 Å². The van der Waals surface area contributed by atoms with E-state index in [0.717, 1.165) is 13.1 Å². The number of hydrogen-bond donors (Lipinski definition) is 1. The summed E-state index contributed by atoms with van der Waals surface area (Å²) in [7, 11) is 2.20. The van der Waals surface area contributed by atoms with Gasteiger partial charge < -0.3 is 10.2 Å². The van der Waals surface area contributed by atoms with Gasteiger partial charge >= 0.3 is 0 Å². The third kappa shape index (κ3) is 4.24. The monoisotopic (exact) mass is 240 g/mol. The molecule has 1 heterocycles. The fraction of sp³-hybridized carbons (Fsp3) is 0.692. The van der Waals surface area contributed by atoms with Crippen LogP contribution in [0.25, 0.3) is 0 Å². The van der Waals surface area contributed by atoms with Crippen molar-refractivity contribution >= 4 is 11.3 Å². The van der Waals surface area contributed by atoms with Crippen LogP contribution in [0.5, 0.6) is 0 Å². The molecule has 92 valence electrons. The standard InChI is InChI=1S/C13H24N2S/c1-5-11(2)15(4)8-7-14-12(3)13-6-9-16-10-13/h6,9-12,14H,5,7-8H2,1-4H3. The summed E-state index contributed by atoms with van der Waals surface area (Å²) in [6.07, 6.45) is 1.22. The van der Waals surface area contributed by atoms with Crippen LogP contribution in [-0.2, 0) is 0 Å². The van der Waals surface area contributed by atoms with E-state index in [-0.39, 0.29) is 0 Å². The topological polar surface area (TPSA) is 15.3 Å². The third-order valence-corrected chi connectivity index (χ3v) is 4.00. The van der Waals surface area contributed by atoms with Crippen molar-refractivity contribution < 1.29 is 0 Å². The molecule has 0 radical (unpaired) electrons. The molecule has 0 spiro atoms. The van der Waals surface area contributed by atoms with Crippen LogP contribution < -0.4 is 5.32 Å². The third-order valence-electron chi connectivity index (χ3n) is 3.30. The molecule has 1 aromatic rings. The first-order valence-electron chi connectivity index (χ1n) is 6.10. The number of likely N-dealkylation sites (N-methyl/N-ethyl adjacent to an activating group) is 1. The molecule has 1 N–H and O–H groups in total. The van der Waals surface area contributed by atoms with E-state index in [1.54, 1.807) is 11.3 Å². The lowest BCUT2D eigenvalue weighted by Crippen LogP contribution is -2.35. The lowest BCUT2D eigenvalue weighted by Gasteiger charge is -2.24. The number of nitrogens with zero attached hydrogens (tertiary/aromatic N) is 1. The van der Waals surface area contributed by atoms with Crippen LogP contribution in [0.4, 0.5) is 0 Å². The van der Waals surface area contributed by atoms with Crippen LogP contribution >= 0.6 is 11.3 Å². The minimum absolute atomic E-state index is 0.469. The molecule has 2 unspecified atom stereocenters. The van der Waals surface area contributed by atoms with Gasteiger partial charge in [0.15, 0.2) is 0 Å². The molecule has 16 heavy (non-hydrogen) atoms. The Bertz CT molecular complexity index is 271. The van der Waals surface area contributed by atoms with E-state index in [9.17, 15) is 0 Å². The Hall–Kier alpha value is -0.380. The van der Waals surface area contributed by atoms with Gasteiger partial charge in [-0.3, -0.25) is 0 Å². The molecule has 0 fully saturated rings. The van der Waals surface area contributed by atoms with E-state index in [1.165, 1.54) is 12.0 Å². The van der Waals surface area contributed by atoms with Gasteiger partial charge in [-0.1, -0.05) is 6.92 Å². The zero-order valence-electron chi connectivity index (χ0n) is 10.9. The zero-order valence-corrected chi connectivity index (χ0v) is 11.7. The number of nitrogens with one attached hydrogen (secondary N) is 1. The highest BCUT2D eigenvalue weighted by molar-refractivity contribution is 7.07. The molecule has 0 aliphatic rings.